The van der Waals surface area contributed by atoms with Gasteiger partial charge in [-0.05, 0) is 55.2 Å². The Morgan fingerprint density at radius 2 is 1.73 bits per heavy atom. The summed E-state index contributed by atoms with van der Waals surface area (Å²) in [5.74, 6) is 0. The summed E-state index contributed by atoms with van der Waals surface area (Å²) in [4.78, 5) is 14.2. The number of urea groups is 1. The van der Waals surface area contributed by atoms with Gasteiger partial charge < -0.3 is 15.3 Å². The SMILES string of the molecule is O=C(Nc1ccc(Cl)cc1)N1CCC(CO)(Cc2ccccc2Cl)CC1. The van der Waals surface area contributed by atoms with E-state index in [0.717, 1.165) is 35.5 Å². The standard InChI is InChI=1S/C20H22Cl2N2O2/c21-16-5-7-17(8-6-16)23-19(26)24-11-9-20(14-25,10-12-24)13-15-3-1-2-4-18(15)22/h1-8,25H,9-14H2,(H,23,26). The molecule has 3 rings (SSSR count). The molecule has 1 heterocycles. The van der Waals surface area contributed by atoms with Gasteiger partial charge in [-0.1, -0.05) is 41.4 Å². The van der Waals surface area contributed by atoms with Crippen molar-refractivity contribution in [1.82, 2.24) is 4.90 Å². The Hall–Kier alpha value is -1.75. The molecule has 0 aliphatic carbocycles. The van der Waals surface area contributed by atoms with Crippen molar-refractivity contribution < 1.29 is 9.90 Å². The van der Waals surface area contributed by atoms with Crippen LogP contribution in [-0.2, 0) is 6.42 Å². The molecule has 0 radical (unpaired) electrons. The van der Waals surface area contributed by atoms with Gasteiger partial charge >= 0.3 is 6.03 Å². The first-order valence-corrected chi connectivity index (χ1v) is 9.43. The molecule has 0 saturated carbocycles. The number of carbonyl (C=O) groups excluding carboxylic acids is 1. The number of anilines is 1. The smallest absolute Gasteiger partial charge is 0.321 e. The summed E-state index contributed by atoms with van der Waals surface area (Å²) in [7, 11) is 0. The fraction of sp³-hybridized carbons (Fsp3) is 0.350. The summed E-state index contributed by atoms with van der Waals surface area (Å²) in [6, 6.07) is 14.6. The molecule has 1 fully saturated rings. The lowest BCUT2D eigenvalue weighted by Crippen LogP contribution is -2.47. The first-order chi connectivity index (χ1) is 12.5. The maximum absolute atomic E-state index is 12.5. The van der Waals surface area contributed by atoms with Crippen LogP contribution in [0.15, 0.2) is 48.5 Å². The van der Waals surface area contributed by atoms with Gasteiger partial charge in [0.05, 0.1) is 0 Å². The van der Waals surface area contributed by atoms with E-state index in [1.54, 1.807) is 29.2 Å². The molecule has 1 saturated heterocycles. The van der Waals surface area contributed by atoms with Gasteiger partial charge in [-0.15, -0.1) is 0 Å². The van der Waals surface area contributed by atoms with Crippen LogP contribution < -0.4 is 5.32 Å². The molecular weight excluding hydrogens is 371 g/mol. The number of carbonyl (C=O) groups is 1. The Balaban J connectivity index is 1.60. The molecule has 0 bridgehead atoms. The number of nitrogens with zero attached hydrogens (tertiary/aromatic N) is 1. The maximum Gasteiger partial charge on any atom is 0.321 e. The highest BCUT2D eigenvalue weighted by atomic mass is 35.5. The van der Waals surface area contributed by atoms with Crippen LogP contribution >= 0.6 is 23.2 Å². The van der Waals surface area contributed by atoms with E-state index in [9.17, 15) is 9.90 Å². The molecule has 1 aliphatic heterocycles. The molecule has 2 aromatic rings. The van der Waals surface area contributed by atoms with Crippen molar-refractivity contribution in [3.63, 3.8) is 0 Å². The predicted octanol–water partition coefficient (Wildman–Crippen LogP) is 4.84. The third-order valence-corrected chi connectivity index (χ3v) is 5.69. The van der Waals surface area contributed by atoms with E-state index in [4.69, 9.17) is 23.2 Å². The number of hydrogen-bond donors (Lipinski definition) is 2. The van der Waals surface area contributed by atoms with Gasteiger partial charge in [0.1, 0.15) is 0 Å². The average Bonchev–Trinajstić information content (AvgIpc) is 2.66. The number of rotatable bonds is 4. The largest absolute Gasteiger partial charge is 0.396 e. The number of piperidine rings is 1. The number of aliphatic hydroxyl groups is 1. The van der Waals surface area contributed by atoms with Gasteiger partial charge in [-0.2, -0.15) is 0 Å². The van der Waals surface area contributed by atoms with Crippen molar-refractivity contribution in [3.05, 3.63) is 64.1 Å². The van der Waals surface area contributed by atoms with Crippen molar-refractivity contribution >= 4 is 34.9 Å². The number of halogens is 2. The highest BCUT2D eigenvalue weighted by molar-refractivity contribution is 6.31. The van der Waals surface area contributed by atoms with Crippen molar-refractivity contribution in [3.8, 4) is 0 Å². The van der Waals surface area contributed by atoms with Crippen LogP contribution in [0.4, 0.5) is 10.5 Å². The molecular formula is C20H22Cl2N2O2. The van der Waals surface area contributed by atoms with Gasteiger partial charge in [0.25, 0.3) is 0 Å². The van der Waals surface area contributed by atoms with Crippen molar-refractivity contribution in [1.29, 1.82) is 0 Å². The monoisotopic (exact) mass is 392 g/mol. The highest BCUT2D eigenvalue weighted by Gasteiger charge is 2.36. The highest BCUT2D eigenvalue weighted by Crippen LogP contribution is 2.36. The third kappa shape index (κ3) is 4.50. The summed E-state index contributed by atoms with van der Waals surface area (Å²) < 4.78 is 0. The molecule has 26 heavy (non-hydrogen) atoms. The van der Waals surface area contributed by atoms with Crippen LogP contribution in [-0.4, -0.2) is 35.7 Å². The molecule has 2 amide bonds. The summed E-state index contributed by atoms with van der Waals surface area (Å²) in [6.07, 6.45) is 2.20. The molecule has 4 nitrogen and oxygen atoms in total. The van der Waals surface area contributed by atoms with E-state index in [1.165, 1.54) is 0 Å². The van der Waals surface area contributed by atoms with E-state index in [-0.39, 0.29) is 18.1 Å². The quantitative estimate of drug-likeness (QED) is 0.781. The molecule has 6 heteroatoms. The zero-order chi connectivity index (χ0) is 18.6. The van der Waals surface area contributed by atoms with Crippen LogP contribution in [0.2, 0.25) is 10.0 Å². The molecule has 2 N–H and O–H groups in total. The zero-order valence-electron chi connectivity index (χ0n) is 14.4. The van der Waals surface area contributed by atoms with Crippen molar-refractivity contribution in [2.75, 3.05) is 25.0 Å². The molecule has 0 atom stereocenters. The van der Waals surface area contributed by atoms with Crippen LogP contribution in [0, 0.1) is 5.41 Å². The van der Waals surface area contributed by atoms with Crippen LogP contribution in [0.3, 0.4) is 0 Å². The number of benzene rings is 2. The van der Waals surface area contributed by atoms with E-state index in [1.807, 2.05) is 24.3 Å². The topological polar surface area (TPSA) is 52.6 Å². The number of aliphatic hydroxyl groups excluding tert-OH is 1. The zero-order valence-corrected chi connectivity index (χ0v) is 15.9. The lowest BCUT2D eigenvalue weighted by molar-refractivity contribution is 0.0576. The minimum Gasteiger partial charge on any atom is -0.396 e. The van der Waals surface area contributed by atoms with E-state index >= 15 is 0 Å². The number of nitrogens with one attached hydrogen (secondary N) is 1. The van der Waals surface area contributed by atoms with Gasteiger partial charge in [0, 0.05) is 40.8 Å². The van der Waals surface area contributed by atoms with E-state index < -0.39 is 0 Å². The van der Waals surface area contributed by atoms with Crippen LogP contribution in [0.25, 0.3) is 0 Å². The lowest BCUT2D eigenvalue weighted by atomic mass is 9.74. The lowest BCUT2D eigenvalue weighted by Gasteiger charge is -2.41. The summed E-state index contributed by atoms with van der Waals surface area (Å²) in [6.45, 7) is 1.29. The minimum atomic E-state index is -0.234. The van der Waals surface area contributed by atoms with Gasteiger partial charge in [-0.25, -0.2) is 4.79 Å². The Bertz CT molecular complexity index is 757. The number of likely N-dealkylation sites (tertiary alicyclic amines) is 1. The number of hydrogen-bond acceptors (Lipinski definition) is 2. The minimum absolute atomic E-state index is 0.0882. The second-order valence-corrected chi connectivity index (χ2v) is 7.69. The Morgan fingerprint density at radius 1 is 1.08 bits per heavy atom. The third-order valence-electron chi connectivity index (χ3n) is 5.07. The van der Waals surface area contributed by atoms with Crippen LogP contribution in [0.5, 0.6) is 0 Å². The van der Waals surface area contributed by atoms with Crippen molar-refractivity contribution in [2.45, 2.75) is 19.3 Å². The summed E-state index contributed by atoms with van der Waals surface area (Å²) >= 11 is 12.1. The summed E-state index contributed by atoms with van der Waals surface area (Å²) in [5, 5.41) is 14.3. The molecule has 138 valence electrons. The molecule has 0 aromatic heterocycles. The number of amides is 2. The van der Waals surface area contributed by atoms with E-state index in [0.29, 0.717) is 18.1 Å². The Labute approximate surface area is 163 Å². The van der Waals surface area contributed by atoms with Gasteiger partial charge in [-0.3, -0.25) is 0 Å². The molecule has 0 unspecified atom stereocenters. The second kappa shape index (κ2) is 8.30. The van der Waals surface area contributed by atoms with Crippen molar-refractivity contribution in [2.24, 2.45) is 5.41 Å². The summed E-state index contributed by atoms with van der Waals surface area (Å²) in [5.41, 5.74) is 1.53. The predicted molar refractivity (Wildman–Crippen MR) is 106 cm³/mol. The first kappa shape index (κ1) is 19.0. The van der Waals surface area contributed by atoms with E-state index in [2.05, 4.69) is 5.32 Å². The molecule has 2 aromatic carbocycles. The fourth-order valence-electron chi connectivity index (χ4n) is 3.36. The normalized spacial score (nSPS) is 16.3. The Morgan fingerprint density at radius 3 is 2.35 bits per heavy atom. The molecule has 0 spiro atoms. The second-order valence-electron chi connectivity index (χ2n) is 6.85. The van der Waals surface area contributed by atoms with Crippen LogP contribution in [0.1, 0.15) is 18.4 Å². The average molecular weight is 393 g/mol. The maximum atomic E-state index is 12.5. The fourth-order valence-corrected chi connectivity index (χ4v) is 3.69. The van der Waals surface area contributed by atoms with Gasteiger partial charge in [0.2, 0.25) is 0 Å². The Kier molecular flexibility index (Phi) is 6.07. The first-order valence-electron chi connectivity index (χ1n) is 8.67. The van der Waals surface area contributed by atoms with Gasteiger partial charge in [0.15, 0.2) is 0 Å². The molecule has 1 aliphatic rings.